The molecular weight excluding hydrogens is 412 g/mol. The highest BCUT2D eigenvalue weighted by Gasteiger charge is 2.17. The van der Waals surface area contributed by atoms with Crippen LogP contribution in [0.4, 0.5) is 0 Å². The molecule has 0 spiro atoms. The monoisotopic (exact) mass is 424 g/mol. The zero-order valence-corrected chi connectivity index (χ0v) is 15.7. The van der Waals surface area contributed by atoms with Gasteiger partial charge in [-0.25, -0.2) is 0 Å². The van der Waals surface area contributed by atoms with E-state index in [2.05, 4.69) is 80.6 Å². The van der Waals surface area contributed by atoms with Crippen molar-refractivity contribution >= 4 is 53.3 Å². The molecule has 21 heavy (non-hydrogen) atoms. The number of hydrogen-bond acceptors (Lipinski definition) is 2. The third-order valence-corrected chi connectivity index (χ3v) is 6.57. The Hall–Kier alpha value is -0.840. The summed E-state index contributed by atoms with van der Waals surface area (Å²) in [7, 11) is 1.71. The van der Waals surface area contributed by atoms with Crippen molar-refractivity contribution < 1.29 is 4.74 Å². The predicted octanol–water partition coefficient (Wildman–Crippen LogP) is 6.47. The third kappa shape index (κ3) is 2.77. The number of aryl methyl sites for hydroxylation is 1. The van der Waals surface area contributed by atoms with Crippen LogP contribution in [0.5, 0.6) is 5.75 Å². The van der Waals surface area contributed by atoms with Gasteiger partial charge >= 0.3 is 0 Å². The van der Waals surface area contributed by atoms with Crippen molar-refractivity contribution in [3.63, 3.8) is 0 Å². The van der Waals surface area contributed by atoms with E-state index in [0.29, 0.717) is 0 Å². The number of hydrogen-bond donors (Lipinski definition) is 0. The summed E-state index contributed by atoms with van der Waals surface area (Å²) in [6.07, 6.45) is 0. The zero-order chi connectivity index (χ0) is 15.0. The van der Waals surface area contributed by atoms with Crippen molar-refractivity contribution in [2.75, 3.05) is 7.11 Å². The van der Waals surface area contributed by atoms with Crippen LogP contribution in [0.1, 0.15) is 21.5 Å². The topological polar surface area (TPSA) is 9.23 Å². The second kappa shape index (κ2) is 6.11. The Balaban J connectivity index is 2.08. The number of benzene rings is 2. The Labute approximate surface area is 145 Å². The average Bonchev–Trinajstić information content (AvgIpc) is 2.92. The van der Waals surface area contributed by atoms with Gasteiger partial charge in [0, 0.05) is 9.17 Å². The maximum absolute atomic E-state index is 5.43. The van der Waals surface area contributed by atoms with Crippen molar-refractivity contribution in [3.8, 4) is 5.75 Å². The standard InChI is InChI=1S/C17H14Br2OS/c1-10-6-7-11(8-15(10)20-2)16(19)13-9-21-17-12(13)4-3-5-14(17)18/h3-9,16H,1-2H3. The Kier molecular flexibility index (Phi) is 4.38. The molecule has 0 N–H and O–H groups in total. The van der Waals surface area contributed by atoms with Crippen LogP contribution in [0.15, 0.2) is 46.3 Å². The van der Waals surface area contributed by atoms with E-state index >= 15 is 0 Å². The molecule has 2 aromatic carbocycles. The number of fused-ring (bicyclic) bond motifs is 1. The summed E-state index contributed by atoms with van der Waals surface area (Å²) in [4.78, 5) is 0.162. The molecule has 0 radical (unpaired) electrons. The number of alkyl halides is 1. The predicted molar refractivity (Wildman–Crippen MR) is 98.0 cm³/mol. The molecule has 3 rings (SSSR count). The summed E-state index contributed by atoms with van der Waals surface area (Å²) in [5, 5.41) is 3.51. The van der Waals surface area contributed by atoms with Gasteiger partial charge in [0.1, 0.15) is 5.75 Å². The van der Waals surface area contributed by atoms with E-state index in [0.717, 1.165) is 15.8 Å². The van der Waals surface area contributed by atoms with E-state index < -0.39 is 0 Å². The van der Waals surface area contributed by atoms with E-state index in [1.807, 2.05) is 0 Å². The summed E-state index contributed by atoms with van der Waals surface area (Å²) in [5.74, 6) is 0.928. The highest BCUT2D eigenvalue weighted by molar-refractivity contribution is 9.10. The average molecular weight is 426 g/mol. The molecule has 3 aromatic rings. The van der Waals surface area contributed by atoms with E-state index in [1.165, 1.54) is 21.2 Å². The lowest BCUT2D eigenvalue weighted by molar-refractivity contribution is 0.411. The van der Waals surface area contributed by atoms with Gasteiger partial charge in [-0.1, -0.05) is 40.2 Å². The Morgan fingerprint density at radius 2 is 2.00 bits per heavy atom. The molecule has 0 saturated heterocycles. The molecule has 0 amide bonds. The van der Waals surface area contributed by atoms with Crippen molar-refractivity contribution in [1.29, 1.82) is 0 Å². The van der Waals surface area contributed by atoms with Gasteiger partial charge in [-0.05, 0) is 62.4 Å². The van der Waals surface area contributed by atoms with Gasteiger partial charge in [-0.2, -0.15) is 0 Å². The number of halogens is 2. The highest BCUT2D eigenvalue weighted by Crippen LogP contribution is 2.41. The van der Waals surface area contributed by atoms with Crippen LogP contribution in [0.2, 0.25) is 0 Å². The van der Waals surface area contributed by atoms with Gasteiger partial charge in [0.25, 0.3) is 0 Å². The van der Waals surface area contributed by atoms with Gasteiger partial charge in [-0.3, -0.25) is 0 Å². The maximum Gasteiger partial charge on any atom is 0.122 e. The fourth-order valence-electron chi connectivity index (χ4n) is 2.41. The molecule has 0 bridgehead atoms. The Morgan fingerprint density at radius 1 is 1.19 bits per heavy atom. The van der Waals surface area contributed by atoms with E-state index in [4.69, 9.17) is 4.74 Å². The lowest BCUT2D eigenvalue weighted by atomic mass is 10.0. The van der Waals surface area contributed by atoms with E-state index in [-0.39, 0.29) is 4.83 Å². The minimum Gasteiger partial charge on any atom is -0.496 e. The molecule has 0 aliphatic rings. The van der Waals surface area contributed by atoms with Crippen LogP contribution >= 0.6 is 43.2 Å². The van der Waals surface area contributed by atoms with E-state index in [9.17, 15) is 0 Å². The van der Waals surface area contributed by atoms with Gasteiger partial charge in [0.2, 0.25) is 0 Å². The largest absolute Gasteiger partial charge is 0.496 e. The molecule has 0 saturated carbocycles. The summed E-state index contributed by atoms with van der Waals surface area (Å²) in [5.41, 5.74) is 3.65. The van der Waals surface area contributed by atoms with Crippen LogP contribution in [0, 0.1) is 6.92 Å². The first-order valence-corrected chi connectivity index (χ1v) is 9.15. The lowest BCUT2D eigenvalue weighted by Gasteiger charge is -2.13. The minimum absolute atomic E-state index is 0.162. The number of rotatable bonds is 3. The SMILES string of the molecule is COc1cc(C(Br)c2csc3c(Br)cccc23)ccc1C. The summed E-state index contributed by atoms with van der Waals surface area (Å²) < 4.78 is 7.87. The van der Waals surface area contributed by atoms with Crippen molar-refractivity contribution in [3.05, 3.63) is 62.9 Å². The van der Waals surface area contributed by atoms with Crippen LogP contribution in [-0.4, -0.2) is 7.11 Å². The van der Waals surface area contributed by atoms with Crippen LogP contribution < -0.4 is 4.74 Å². The first-order chi connectivity index (χ1) is 10.1. The molecule has 0 aliphatic carbocycles. The molecule has 1 unspecified atom stereocenters. The number of methoxy groups -OCH3 is 1. The highest BCUT2D eigenvalue weighted by atomic mass is 79.9. The Morgan fingerprint density at radius 3 is 2.76 bits per heavy atom. The molecule has 0 aliphatic heterocycles. The van der Waals surface area contributed by atoms with Crippen molar-refractivity contribution in [2.45, 2.75) is 11.8 Å². The minimum atomic E-state index is 0.162. The third-order valence-electron chi connectivity index (χ3n) is 3.58. The molecule has 1 heterocycles. The first kappa shape index (κ1) is 15.1. The molecule has 1 aromatic heterocycles. The molecule has 108 valence electrons. The molecule has 1 atom stereocenters. The quantitative estimate of drug-likeness (QED) is 0.437. The molecule has 0 fully saturated rings. The zero-order valence-electron chi connectivity index (χ0n) is 11.7. The van der Waals surface area contributed by atoms with Gasteiger partial charge in [0.05, 0.1) is 11.9 Å². The van der Waals surface area contributed by atoms with Gasteiger partial charge in [-0.15, -0.1) is 11.3 Å². The van der Waals surface area contributed by atoms with Crippen LogP contribution in [0.3, 0.4) is 0 Å². The smallest absolute Gasteiger partial charge is 0.122 e. The van der Waals surface area contributed by atoms with Crippen LogP contribution in [-0.2, 0) is 0 Å². The molecular formula is C17H14Br2OS. The molecule has 1 nitrogen and oxygen atoms in total. The van der Waals surface area contributed by atoms with Crippen molar-refractivity contribution in [1.82, 2.24) is 0 Å². The molecule has 4 heteroatoms. The summed E-state index contributed by atoms with van der Waals surface area (Å²) in [6.45, 7) is 2.06. The second-order valence-electron chi connectivity index (χ2n) is 4.90. The fourth-order valence-corrected chi connectivity index (χ4v) is 4.90. The number of ether oxygens (including phenoxy) is 1. The van der Waals surface area contributed by atoms with Crippen molar-refractivity contribution in [2.24, 2.45) is 0 Å². The second-order valence-corrected chi connectivity index (χ2v) is 7.55. The summed E-state index contributed by atoms with van der Waals surface area (Å²) >= 11 is 9.23. The van der Waals surface area contributed by atoms with Gasteiger partial charge < -0.3 is 4.74 Å². The normalized spacial score (nSPS) is 12.6. The maximum atomic E-state index is 5.43. The summed E-state index contributed by atoms with van der Waals surface area (Å²) in [6, 6.07) is 12.7. The van der Waals surface area contributed by atoms with Crippen LogP contribution in [0.25, 0.3) is 10.1 Å². The lowest BCUT2D eigenvalue weighted by Crippen LogP contribution is -1.94. The van der Waals surface area contributed by atoms with Gasteiger partial charge in [0.15, 0.2) is 0 Å². The first-order valence-electron chi connectivity index (χ1n) is 6.56. The number of thiophene rings is 1. The Bertz CT molecular complexity index is 795. The fraction of sp³-hybridized carbons (Fsp3) is 0.176. The van der Waals surface area contributed by atoms with E-state index in [1.54, 1.807) is 18.4 Å².